The highest BCUT2D eigenvalue weighted by Gasteiger charge is 2.39. The van der Waals surface area contributed by atoms with Gasteiger partial charge in [0.1, 0.15) is 23.7 Å². The molecule has 3 N–H and O–H groups in total. The molecule has 204 valence electrons. The van der Waals surface area contributed by atoms with Crippen molar-refractivity contribution in [2.45, 2.75) is 43.4 Å². The quantitative estimate of drug-likeness (QED) is 0.432. The van der Waals surface area contributed by atoms with Crippen molar-refractivity contribution in [3.8, 4) is 0 Å². The van der Waals surface area contributed by atoms with Crippen molar-refractivity contribution in [3.05, 3.63) is 107 Å². The minimum atomic E-state index is -1.89. The molecule has 1 saturated heterocycles. The van der Waals surface area contributed by atoms with Gasteiger partial charge in [0.2, 0.25) is 11.8 Å². The van der Waals surface area contributed by atoms with Crippen LogP contribution in [0.5, 0.6) is 0 Å². The van der Waals surface area contributed by atoms with Crippen LogP contribution in [0.25, 0.3) is 0 Å². The number of carbonyl (C=O) groups is 3. The van der Waals surface area contributed by atoms with E-state index in [0.717, 1.165) is 23.3 Å². The smallest absolute Gasteiger partial charge is 0.254 e. The van der Waals surface area contributed by atoms with E-state index >= 15 is 0 Å². The molecule has 3 amide bonds. The zero-order chi connectivity index (χ0) is 28.1. The number of halogens is 2. The lowest BCUT2D eigenvalue weighted by Gasteiger charge is -2.29. The summed E-state index contributed by atoms with van der Waals surface area (Å²) in [5.41, 5.74) is 1.70. The van der Waals surface area contributed by atoms with Gasteiger partial charge < -0.3 is 20.6 Å². The third kappa shape index (κ3) is 6.67. The lowest BCUT2D eigenvalue weighted by molar-refractivity contribution is -0.137. The fourth-order valence-electron chi connectivity index (χ4n) is 5.03. The summed E-state index contributed by atoms with van der Waals surface area (Å²) in [5.74, 6) is -4.10. The lowest BCUT2D eigenvalue weighted by Crippen LogP contribution is -2.54. The number of amides is 3. The van der Waals surface area contributed by atoms with Gasteiger partial charge in [-0.25, -0.2) is 8.78 Å². The molecule has 0 aliphatic carbocycles. The van der Waals surface area contributed by atoms with Crippen LogP contribution in [0, 0.1) is 11.6 Å². The SMILES string of the molecule is C[C@H](NC(=O)[C@H](O)c1cc(F)cc(F)c1)C(=O)N[C@@H]1C(=O)N(C)C[C@H](c2ccccc2)C[C@@H]1c1ccccc1. The van der Waals surface area contributed by atoms with Crippen LogP contribution in [0.1, 0.15) is 48.0 Å². The van der Waals surface area contributed by atoms with Gasteiger partial charge in [0.25, 0.3) is 5.91 Å². The molecular formula is C30H31F2N3O4. The molecular weight excluding hydrogens is 504 g/mol. The van der Waals surface area contributed by atoms with E-state index in [2.05, 4.69) is 10.6 Å². The third-order valence-corrected chi connectivity index (χ3v) is 7.07. The molecule has 0 spiro atoms. The molecule has 5 atom stereocenters. The summed E-state index contributed by atoms with van der Waals surface area (Å²) in [6, 6.07) is 19.6. The number of likely N-dealkylation sites (tertiary alicyclic amines) is 1. The lowest BCUT2D eigenvalue weighted by atomic mass is 9.82. The zero-order valence-electron chi connectivity index (χ0n) is 21.7. The number of hydrogen-bond acceptors (Lipinski definition) is 4. The minimum Gasteiger partial charge on any atom is -0.378 e. The Morgan fingerprint density at radius 3 is 2.08 bits per heavy atom. The van der Waals surface area contributed by atoms with Gasteiger partial charge in [-0.05, 0) is 42.2 Å². The maximum Gasteiger partial charge on any atom is 0.254 e. The number of aliphatic hydroxyl groups is 1. The molecule has 3 aromatic carbocycles. The number of likely N-dealkylation sites (N-methyl/N-ethyl adjacent to an activating group) is 1. The predicted octanol–water partition coefficient (Wildman–Crippen LogP) is 3.42. The van der Waals surface area contributed by atoms with Crippen LogP contribution in [0.2, 0.25) is 0 Å². The van der Waals surface area contributed by atoms with Gasteiger partial charge >= 0.3 is 0 Å². The first kappa shape index (κ1) is 27.9. The number of hydrogen-bond donors (Lipinski definition) is 3. The van der Waals surface area contributed by atoms with E-state index in [0.29, 0.717) is 19.0 Å². The van der Waals surface area contributed by atoms with Gasteiger partial charge in [-0.1, -0.05) is 60.7 Å². The van der Waals surface area contributed by atoms with Gasteiger partial charge in [-0.15, -0.1) is 0 Å². The Hall–Kier alpha value is -4.11. The Morgan fingerprint density at radius 2 is 1.49 bits per heavy atom. The standard InChI is InChI=1S/C30H31F2N3O4/c1-18(33-29(38)27(36)21-13-23(31)16-24(32)14-21)28(37)34-26-25(20-11-7-4-8-12-20)15-22(17-35(2)30(26)39)19-9-5-3-6-10-19/h3-14,16,18,22,25-27,36H,15,17H2,1-2H3,(H,33,38)(H,34,37)/t18-,22+,25+,26-,27+/m0/s1. The second-order valence-corrected chi connectivity index (χ2v) is 9.90. The van der Waals surface area contributed by atoms with Crippen molar-refractivity contribution in [1.82, 2.24) is 15.5 Å². The van der Waals surface area contributed by atoms with Crippen LogP contribution in [0.3, 0.4) is 0 Å². The van der Waals surface area contributed by atoms with Crippen molar-refractivity contribution in [3.63, 3.8) is 0 Å². The molecule has 1 aliphatic rings. The Morgan fingerprint density at radius 1 is 0.923 bits per heavy atom. The van der Waals surface area contributed by atoms with Crippen LogP contribution in [0.4, 0.5) is 8.78 Å². The largest absolute Gasteiger partial charge is 0.378 e. The first-order chi connectivity index (χ1) is 18.6. The number of nitrogens with one attached hydrogen (secondary N) is 2. The average Bonchev–Trinajstić information content (AvgIpc) is 3.05. The fourth-order valence-corrected chi connectivity index (χ4v) is 5.03. The van der Waals surface area contributed by atoms with Crippen LogP contribution >= 0.6 is 0 Å². The fraction of sp³-hybridized carbons (Fsp3) is 0.300. The van der Waals surface area contributed by atoms with E-state index in [1.54, 1.807) is 11.9 Å². The van der Waals surface area contributed by atoms with Gasteiger partial charge in [-0.2, -0.15) is 0 Å². The predicted molar refractivity (Wildman–Crippen MR) is 141 cm³/mol. The summed E-state index contributed by atoms with van der Waals surface area (Å²) < 4.78 is 27.1. The van der Waals surface area contributed by atoms with E-state index in [1.807, 2.05) is 60.7 Å². The van der Waals surface area contributed by atoms with Gasteiger partial charge in [0.05, 0.1) is 0 Å². The van der Waals surface area contributed by atoms with E-state index in [1.165, 1.54) is 6.92 Å². The topological polar surface area (TPSA) is 98.7 Å². The number of nitrogens with zero attached hydrogens (tertiary/aromatic N) is 1. The summed E-state index contributed by atoms with van der Waals surface area (Å²) in [4.78, 5) is 40.9. The summed E-state index contributed by atoms with van der Waals surface area (Å²) >= 11 is 0. The van der Waals surface area contributed by atoms with Crippen molar-refractivity contribution in [1.29, 1.82) is 0 Å². The van der Waals surface area contributed by atoms with E-state index in [-0.39, 0.29) is 23.3 Å². The second kappa shape index (κ2) is 12.2. The Labute approximate surface area is 225 Å². The molecule has 1 fully saturated rings. The molecule has 0 bridgehead atoms. The molecule has 39 heavy (non-hydrogen) atoms. The molecule has 1 heterocycles. The highest BCUT2D eigenvalue weighted by Crippen LogP contribution is 2.36. The van der Waals surface area contributed by atoms with Crippen molar-refractivity contribution in [2.75, 3.05) is 13.6 Å². The van der Waals surface area contributed by atoms with Crippen molar-refractivity contribution >= 4 is 17.7 Å². The van der Waals surface area contributed by atoms with Crippen LogP contribution in [0.15, 0.2) is 78.9 Å². The Kier molecular flexibility index (Phi) is 8.71. The highest BCUT2D eigenvalue weighted by atomic mass is 19.1. The van der Waals surface area contributed by atoms with Crippen LogP contribution < -0.4 is 10.6 Å². The minimum absolute atomic E-state index is 0.0335. The van der Waals surface area contributed by atoms with Crippen molar-refractivity contribution in [2.24, 2.45) is 0 Å². The Balaban J connectivity index is 1.53. The molecule has 0 aromatic heterocycles. The summed E-state index contributed by atoms with van der Waals surface area (Å²) in [6.45, 7) is 1.88. The number of rotatable bonds is 7. The molecule has 4 rings (SSSR count). The summed E-state index contributed by atoms with van der Waals surface area (Å²) in [6.07, 6.45) is -1.29. The van der Waals surface area contributed by atoms with Crippen LogP contribution in [-0.4, -0.2) is 53.4 Å². The van der Waals surface area contributed by atoms with Crippen LogP contribution in [-0.2, 0) is 14.4 Å². The first-order valence-corrected chi connectivity index (χ1v) is 12.7. The molecule has 0 saturated carbocycles. The highest BCUT2D eigenvalue weighted by molar-refractivity contribution is 5.93. The maximum absolute atomic E-state index is 13.6. The molecule has 0 unspecified atom stereocenters. The Bertz CT molecular complexity index is 1300. The zero-order valence-corrected chi connectivity index (χ0v) is 21.7. The molecule has 0 radical (unpaired) electrons. The normalized spacial score (nSPS) is 21.0. The van der Waals surface area contributed by atoms with E-state index in [9.17, 15) is 28.3 Å². The molecule has 3 aromatic rings. The van der Waals surface area contributed by atoms with Crippen molar-refractivity contribution < 1.29 is 28.3 Å². The van der Waals surface area contributed by atoms with Gasteiger partial charge in [0, 0.05) is 31.5 Å². The number of aliphatic hydroxyl groups excluding tert-OH is 1. The van der Waals surface area contributed by atoms with Gasteiger partial charge in [0.15, 0.2) is 6.10 Å². The molecule has 9 heteroatoms. The first-order valence-electron chi connectivity index (χ1n) is 12.7. The summed E-state index contributed by atoms with van der Waals surface area (Å²) in [5, 5.41) is 15.5. The summed E-state index contributed by atoms with van der Waals surface area (Å²) in [7, 11) is 1.70. The van der Waals surface area contributed by atoms with E-state index in [4.69, 9.17) is 0 Å². The number of carbonyl (C=O) groups excluding carboxylic acids is 3. The molecule has 1 aliphatic heterocycles. The molecule has 7 nitrogen and oxygen atoms in total. The van der Waals surface area contributed by atoms with Gasteiger partial charge in [-0.3, -0.25) is 14.4 Å². The number of benzene rings is 3. The van der Waals surface area contributed by atoms with E-state index < -0.39 is 41.6 Å². The average molecular weight is 536 g/mol. The maximum atomic E-state index is 13.6. The second-order valence-electron chi connectivity index (χ2n) is 9.90. The third-order valence-electron chi connectivity index (χ3n) is 7.07. The monoisotopic (exact) mass is 535 g/mol.